The molecule has 0 radical (unpaired) electrons. The molecular formula is C24H27N3O2. The molecule has 5 nitrogen and oxygen atoms in total. The van der Waals surface area contributed by atoms with Gasteiger partial charge < -0.3 is 9.64 Å². The van der Waals surface area contributed by atoms with Crippen molar-refractivity contribution in [3.05, 3.63) is 77.1 Å². The van der Waals surface area contributed by atoms with E-state index in [0.717, 1.165) is 54.2 Å². The predicted octanol–water partition coefficient (Wildman–Crippen LogP) is 4.35. The Balaban J connectivity index is 1.50. The van der Waals surface area contributed by atoms with Crippen LogP contribution in [0.1, 0.15) is 40.2 Å². The highest BCUT2D eigenvalue weighted by Crippen LogP contribution is 2.25. The molecule has 2 aromatic carbocycles. The fourth-order valence-corrected chi connectivity index (χ4v) is 4.19. The third kappa shape index (κ3) is 4.04. The Labute approximate surface area is 171 Å². The number of methoxy groups -OCH3 is 1. The Morgan fingerprint density at radius 2 is 1.93 bits per heavy atom. The molecule has 0 aliphatic carbocycles. The van der Waals surface area contributed by atoms with Crippen LogP contribution in [0.4, 0.5) is 0 Å². The quantitative estimate of drug-likeness (QED) is 0.652. The highest BCUT2D eigenvalue weighted by molar-refractivity contribution is 5.94. The summed E-state index contributed by atoms with van der Waals surface area (Å²) in [6.45, 7) is 4.83. The second-order valence-corrected chi connectivity index (χ2v) is 7.74. The van der Waals surface area contributed by atoms with Crippen molar-refractivity contribution < 1.29 is 9.53 Å². The summed E-state index contributed by atoms with van der Waals surface area (Å²) in [5.74, 6) is 0.966. The summed E-state index contributed by atoms with van der Waals surface area (Å²) in [7, 11) is 1.68. The molecule has 0 saturated carbocycles. The second kappa shape index (κ2) is 8.11. The van der Waals surface area contributed by atoms with Crippen LogP contribution in [0, 0.1) is 13.8 Å². The van der Waals surface area contributed by atoms with Crippen LogP contribution in [0.3, 0.4) is 0 Å². The third-order valence-corrected chi connectivity index (χ3v) is 5.61. The summed E-state index contributed by atoms with van der Waals surface area (Å²) >= 11 is 0. The molecule has 1 aliphatic rings. The maximum Gasteiger partial charge on any atom is 0.254 e. The first-order valence-electron chi connectivity index (χ1n) is 10.1. The van der Waals surface area contributed by atoms with Crippen LogP contribution >= 0.6 is 0 Å². The number of likely N-dealkylation sites (tertiary alicyclic amines) is 1. The lowest BCUT2D eigenvalue weighted by Gasteiger charge is -2.25. The van der Waals surface area contributed by atoms with E-state index in [9.17, 15) is 4.79 Å². The van der Waals surface area contributed by atoms with Crippen molar-refractivity contribution >= 4 is 5.91 Å². The number of hydrogen-bond acceptors (Lipinski definition) is 3. The maximum absolute atomic E-state index is 13.2. The molecule has 1 unspecified atom stereocenters. The van der Waals surface area contributed by atoms with Crippen molar-refractivity contribution in [3.8, 4) is 11.4 Å². The Kier molecular flexibility index (Phi) is 5.38. The van der Waals surface area contributed by atoms with E-state index in [2.05, 4.69) is 17.2 Å². The fraction of sp³-hybridized carbons (Fsp3) is 0.333. The lowest BCUT2D eigenvalue weighted by atomic mass is 10.0. The molecule has 0 spiro atoms. The van der Waals surface area contributed by atoms with Gasteiger partial charge in [0.2, 0.25) is 0 Å². The van der Waals surface area contributed by atoms with Crippen molar-refractivity contribution in [2.24, 2.45) is 0 Å². The van der Waals surface area contributed by atoms with Gasteiger partial charge in [-0.25, -0.2) is 4.68 Å². The molecule has 150 valence electrons. The van der Waals surface area contributed by atoms with Crippen LogP contribution in [-0.4, -0.2) is 40.3 Å². The lowest BCUT2D eigenvalue weighted by Crippen LogP contribution is -2.36. The van der Waals surface area contributed by atoms with Gasteiger partial charge in [-0.2, -0.15) is 5.10 Å². The van der Waals surface area contributed by atoms with E-state index < -0.39 is 0 Å². The maximum atomic E-state index is 13.2. The van der Waals surface area contributed by atoms with E-state index in [1.165, 1.54) is 5.56 Å². The summed E-state index contributed by atoms with van der Waals surface area (Å²) in [5, 5.41) is 4.52. The van der Waals surface area contributed by atoms with Gasteiger partial charge in [0, 0.05) is 23.8 Å². The average molecular weight is 389 g/mol. The van der Waals surface area contributed by atoms with E-state index in [0.29, 0.717) is 0 Å². The Morgan fingerprint density at radius 3 is 2.62 bits per heavy atom. The molecule has 5 heteroatoms. The molecule has 1 aliphatic heterocycles. The highest BCUT2D eigenvalue weighted by atomic mass is 16.5. The van der Waals surface area contributed by atoms with Crippen LogP contribution in [0.15, 0.2) is 54.6 Å². The summed E-state index contributed by atoms with van der Waals surface area (Å²) in [6, 6.07) is 18.2. The molecule has 2 heterocycles. The molecule has 29 heavy (non-hydrogen) atoms. The molecule has 1 saturated heterocycles. The largest absolute Gasteiger partial charge is 0.497 e. The number of aryl methyl sites for hydroxylation is 2. The first kappa shape index (κ1) is 19.2. The molecule has 1 fully saturated rings. The number of nitrogens with zero attached hydrogens (tertiary/aromatic N) is 3. The molecular weight excluding hydrogens is 362 g/mol. The van der Waals surface area contributed by atoms with Crippen molar-refractivity contribution in [3.63, 3.8) is 0 Å². The summed E-state index contributed by atoms with van der Waals surface area (Å²) in [4.78, 5) is 15.2. The molecule has 3 aromatic rings. The average Bonchev–Trinajstić information content (AvgIpc) is 3.33. The van der Waals surface area contributed by atoms with Crippen LogP contribution < -0.4 is 4.74 Å². The Hall–Kier alpha value is -3.08. The number of amides is 1. The summed E-state index contributed by atoms with van der Waals surface area (Å²) in [6.07, 6.45) is 2.93. The number of benzene rings is 2. The van der Waals surface area contributed by atoms with Gasteiger partial charge in [-0.15, -0.1) is 0 Å². The van der Waals surface area contributed by atoms with Gasteiger partial charge in [0.15, 0.2) is 0 Å². The van der Waals surface area contributed by atoms with Crippen LogP contribution in [-0.2, 0) is 6.42 Å². The number of carbonyl (C=O) groups is 1. The van der Waals surface area contributed by atoms with Crippen LogP contribution in [0.2, 0.25) is 0 Å². The number of ether oxygens (including phenoxy) is 1. The van der Waals surface area contributed by atoms with Crippen molar-refractivity contribution in [1.29, 1.82) is 0 Å². The highest BCUT2D eigenvalue weighted by Gasteiger charge is 2.29. The topological polar surface area (TPSA) is 47.4 Å². The van der Waals surface area contributed by atoms with Gasteiger partial charge in [0.25, 0.3) is 5.91 Å². The van der Waals surface area contributed by atoms with Crippen LogP contribution in [0.5, 0.6) is 5.75 Å². The zero-order valence-electron chi connectivity index (χ0n) is 17.3. The smallest absolute Gasteiger partial charge is 0.254 e. The number of carbonyl (C=O) groups excluding carboxylic acids is 1. The lowest BCUT2D eigenvalue weighted by molar-refractivity contribution is 0.0736. The van der Waals surface area contributed by atoms with Crippen molar-refractivity contribution in [2.45, 2.75) is 39.2 Å². The van der Waals surface area contributed by atoms with E-state index in [1.807, 2.05) is 65.9 Å². The Bertz CT molecular complexity index is 1010. The van der Waals surface area contributed by atoms with Gasteiger partial charge in [-0.3, -0.25) is 4.79 Å². The number of hydrogen-bond donors (Lipinski definition) is 0. The van der Waals surface area contributed by atoms with E-state index in [4.69, 9.17) is 4.74 Å². The third-order valence-electron chi connectivity index (χ3n) is 5.61. The normalized spacial score (nSPS) is 16.2. The first-order chi connectivity index (χ1) is 14.0. The summed E-state index contributed by atoms with van der Waals surface area (Å²) < 4.78 is 7.24. The van der Waals surface area contributed by atoms with Gasteiger partial charge >= 0.3 is 0 Å². The molecule has 1 aromatic heterocycles. The summed E-state index contributed by atoms with van der Waals surface area (Å²) in [5.41, 5.74) is 4.97. The molecule has 1 amide bonds. The van der Waals surface area contributed by atoms with Crippen LogP contribution in [0.25, 0.3) is 5.69 Å². The van der Waals surface area contributed by atoms with Gasteiger partial charge in [0.05, 0.1) is 18.5 Å². The van der Waals surface area contributed by atoms with E-state index in [-0.39, 0.29) is 11.9 Å². The fourth-order valence-electron chi connectivity index (χ4n) is 4.19. The molecule has 1 atom stereocenters. The SMILES string of the molecule is COc1cccc(CC2CCCN2C(=O)c2ccc(-n3nc(C)cc3C)cc2)c1. The Morgan fingerprint density at radius 1 is 1.14 bits per heavy atom. The zero-order chi connectivity index (χ0) is 20.4. The first-order valence-corrected chi connectivity index (χ1v) is 10.1. The molecule has 0 bridgehead atoms. The minimum absolute atomic E-state index is 0.107. The van der Waals surface area contributed by atoms with E-state index >= 15 is 0 Å². The molecule has 4 rings (SSSR count). The predicted molar refractivity (Wildman–Crippen MR) is 114 cm³/mol. The standard InChI is InChI=1S/C24H27N3O2/c1-17-14-18(2)27(25-17)21-11-9-20(10-12-21)24(28)26-13-5-7-22(26)15-19-6-4-8-23(16-19)29-3/h4,6,8-12,14,16,22H,5,7,13,15H2,1-3H3. The number of aromatic nitrogens is 2. The monoisotopic (exact) mass is 389 g/mol. The second-order valence-electron chi connectivity index (χ2n) is 7.74. The zero-order valence-corrected chi connectivity index (χ0v) is 17.3. The number of rotatable bonds is 5. The van der Waals surface area contributed by atoms with E-state index in [1.54, 1.807) is 7.11 Å². The van der Waals surface area contributed by atoms with Crippen molar-refractivity contribution in [2.75, 3.05) is 13.7 Å². The van der Waals surface area contributed by atoms with Crippen molar-refractivity contribution in [1.82, 2.24) is 14.7 Å². The molecule has 0 N–H and O–H groups in total. The van der Waals surface area contributed by atoms with Gasteiger partial charge in [-0.05, 0) is 81.1 Å². The van der Waals surface area contributed by atoms with Gasteiger partial charge in [0.1, 0.15) is 5.75 Å². The minimum Gasteiger partial charge on any atom is -0.497 e. The van der Waals surface area contributed by atoms with Gasteiger partial charge in [-0.1, -0.05) is 12.1 Å². The minimum atomic E-state index is 0.107.